The highest BCUT2D eigenvalue weighted by Gasteiger charge is 2.25. The Bertz CT molecular complexity index is 207. The Balaban J connectivity index is 2.57. The van der Waals surface area contributed by atoms with E-state index in [1.54, 1.807) is 0 Å². The first-order chi connectivity index (χ1) is 5.77. The van der Waals surface area contributed by atoms with Crippen molar-refractivity contribution in [3.63, 3.8) is 0 Å². The quantitative estimate of drug-likeness (QED) is 0.558. The van der Waals surface area contributed by atoms with Crippen LogP contribution in [0.2, 0.25) is 0 Å². The fraction of sp³-hybridized carbons (Fsp3) is 0.778. The molecule has 3 heteroatoms. The Morgan fingerprint density at radius 2 is 2.42 bits per heavy atom. The molecule has 1 aliphatic rings. The van der Waals surface area contributed by atoms with Gasteiger partial charge >= 0.3 is 5.97 Å². The highest BCUT2D eigenvalue weighted by molar-refractivity contribution is 5.73. The smallest absolute Gasteiger partial charge is 0.310 e. The van der Waals surface area contributed by atoms with Gasteiger partial charge in [-0.15, -0.1) is 0 Å². The second-order valence-electron chi connectivity index (χ2n) is 3.09. The third kappa shape index (κ3) is 1.97. The van der Waals surface area contributed by atoms with Crippen LogP contribution in [0.5, 0.6) is 0 Å². The van der Waals surface area contributed by atoms with E-state index in [0.717, 1.165) is 19.3 Å². The third-order valence-corrected chi connectivity index (χ3v) is 2.25. The lowest BCUT2D eigenvalue weighted by atomic mass is 10.0. The molecule has 1 fully saturated rings. The summed E-state index contributed by atoms with van der Waals surface area (Å²) in [6, 6.07) is 1.98. The highest BCUT2D eigenvalue weighted by Crippen LogP contribution is 2.21. The number of ether oxygens (including phenoxy) is 1. The number of carbonyl (C=O) groups is 1. The van der Waals surface area contributed by atoms with E-state index in [4.69, 9.17) is 10.00 Å². The molecular weight excluding hydrogens is 154 g/mol. The molecule has 66 valence electrons. The van der Waals surface area contributed by atoms with Gasteiger partial charge in [0.2, 0.25) is 0 Å². The zero-order valence-electron chi connectivity index (χ0n) is 7.25. The zero-order chi connectivity index (χ0) is 8.97. The number of rotatable bonds is 1. The van der Waals surface area contributed by atoms with E-state index in [1.807, 2.05) is 13.0 Å². The summed E-state index contributed by atoms with van der Waals surface area (Å²) in [5.41, 5.74) is 0. The van der Waals surface area contributed by atoms with Gasteiger partial charge in [0, 0.05) is 0 Å². The monoisotopic (exact) mass is 167 g/mol. The molecule has 0 amide bonds. The van der Waals surface area contributed by atoms with E-state index in [0.29, 0.717) is 6.42 Å². The van der Waals surface area contributed by atoms with E-state index >= 15 is 0 Å². The predicted molar refractivity (Wildman–Crippen MR) is 43.1 cm³/mol. The zero-order valence-corrected chi connectivity index (χ0v) is 7.25. The van der Waals surface area contributed by atoms with Crippen molar-refractivity contribution in [3.05, 3.63) is 0 Å². The minimum Gasteiger partial charge on any atom is -0.447 e. The molecule has 12 heavy (non-hydrogen) atoms. The van der Waals surface area contributed by atoms with Crippen molar-refractivity contribution < 1.29 is 9.53 Å². The summed E-state index contributed by atoms with van der Waals surface area (Å²) in [6.07, 6.45) is 2.79. The van der Waals surface area contributed by atoms with Crippen LogP contribution >= 0.6 is 0 Å². The average molecular weight is 167 g/mol. The van der Waals surface area contributed by atoms with Crippen LogP contribution in [-0.2, 0) is 9.53 Å². The van der Waals surface area contributed by atoms with Crippen LogP contribution in [0, 0.1) is 17.2 Å². The lowest BCUT2D eigenvalue weighted by Gasteiger charge is -2.09. The lowest BCUT2D eigenvalue weighted by molar-refractivity contribution is -0.150. The van der Waals surface area contributed by atoms with Gasteiger partial charge in [0.25, 0.3) is 0 Å². The maximum Gasteiger partial charge on any atom is 0.310 e. The standard InChI is InChI=1S/C9H13NO2/c1-2-7-4-3-5-8(6-10)12-9(7)11/h7-8H,2-5H2,1H3. The maximum atomic E-state index is 11.2. The molecule has 0 radical (unpaired) electrons. The Morgan fingerprint density at radius 1 is 1.67 bits per heavy atom. The van der Waals surface area contributed by atoms with Gasteiger partial charge in [-0.3, -0.25) is 4.79 Å². The summed E-state index contributed by atoms with van der Waals surface area (Å²) >= 11 is 0. The van der Waals surface area contributed by atoms with Crippen molar-refractivity contribution in [2.45, 2.75) is 38.7 Å². The van der Waals surface area contributed by atoms with Gasteiger partial charge in [-0.1, -0.05) is 6.92 Å². The summed E-state index contributed by atoms with van der Waals surface area (Å²) < 4.78 is 4.96. The molecule has 1 aliphatic heterocycles. The summed E-state index contributed by atoms with van der Waals surface area (Å²) in [7, 11) is 0. The molecule has 0 aliphatic carbocycles. The molecule has 0 bridgehead atoms. The molecule has 0 spiro atoms. The second-order valence-corrected chi connectivity index (χ2v) is 3.09. The van der Waals surface area contributed by atoms with Crippen molar-refractivity contribution in [2.75, 3.05) is 0 Å². The normalized spacial score (nSPS) is 30.2. The van der Waals surface area contributed by atoms with Crippen LogP contribution in [0.15, 0.2) is 0 Å². The first kappa shape index (κ1) is 9.05. The first-order valence-corrected chi connectivity index (χ1v) is 4.38. The first-order valence-electron chi connectivity index (χ1n) is 4.38. The third-order valence-electron chi connectivity index (χ3n) is 2.25. The van der Waals surface area contributed by atoms with Crippen molar-refractivity contribution in [3.8, 4) is 6.07 Å². The molecule has 1 saturated heterocycles. The van der Waals surface area contributed by atoms with Crippen LogP contribution in [0.4, 0.5) is 0 Å². The number of cyclic esters (lactones) is 1. The minimum atomic E-state index is -0.506. The number of hydrogen-bond donors (Lipinski definition) is 0. The van der Waals surface area contributed by atoms with E-state index in [2.05, 4.69) is 0 Å². The maximum absolute atomic E-state index is 11.2. The molecule has 0 saturated carbocycles. The molecule has 0 aromatic carbocycles. The van der Waals surface area contributed by atoms with Crippen molar-refractivity contribution in [2.24, 2.45) is 5.92 Å². The van der Waals surface area contributed by atoms with E-state index in [-0.39, 0.29) is 11.9 Å². The Labute approximate surface area is 72.3 Å². The summed E-state index contributed by atoms with van der Waals surface area (Å²) in [5.74, 6) is -0.176. The predicted octanol–water partition coefficient (Wildman–Crippen LogP) is 1.63. The molecular formula is C9H13NO2. The van der Waals surface area contributed by atoms with Gasteiger partial charge in [-0.2, -0.15) is 5.26 Å². The van der Waals surface area contributed by atoms with Gasteiger partial charge in [0.05, 0.1) is 5.92 Å². The molecule has 3 nitrogen and oxygen atoms in total. The number of esters is 1. The van der Waals surface area contributed by atoms with Gasteiger partial charge in [-0.25, -0.2) is 0 Å². The molecule has 0 aromatic rings. The van der Waals surface area contributed by atoms with Crippen LogP contribution < -0.4 is 0 Å². The van der Waals surface area contributed by atoms with E-state index < -0.39 is 6.10 Å². The van der Waals surface area contributed by atoms with Crippen molar-refractivity contribution >= 4 is 5.97 Å². The van der Waals surface area contributed by atoms with Crippen LogP contribution in [0.3, 0.4) is 0 Å². The largest absolute Gasteiger partial charge is 0.447 e. The highest BCUT2D eigenvalue weighted by atomic mass is 16.5. The SMILES string of the molecule is CCC1CCCC(C#N)OC1=O. The van der Waals surface area contributed by atoms with E-state index in [9.17, 15) is 4.79 Å². The summed E-state index contributed by atoms with van der Waals surface area (Å²) in [5, 5.41) is 8.57. The Morgan fingerprint density at radius 3 is 3.00 bits per heavy atom. The van der Waals surface area contributed by atoms with E-state index in [1.165, 1.54) is 0 Å². The van der Waals surface area contributed by atoms with Crippen molar-refractivity contribution in [1.29, 1.82) is 5.26 Å². The molecule has 2 unspecified atom stereocenters. The Hall–Kier alpha value is -1.04. The number of hydrogen-bond acceptors (Lipinski definition) is 3. The molecule has 1 heterocycles. The molecule has 0 aromatic heterocycles. The van der Waals surface area contributed by atoms with Crippen molar-refractivity contribution in [1.82, 2.24) is 0 Å². The number of nitrogens with zero attached hydrogens (tertiary/aromatic N) is 1. The molecule has 0 N–H and O–H groups in total. The van der Waals surface area contributed by atoms with Gasteiger partial charge in [-0.05, 0) is 25.7 Å². The molecule has 1 rings (SSSR count). The summed E-state index contributed by atoms with van der Waals surface area (Å²) in [4.78, 5) is 11.2. The molecule has 2 atom stereocenters. The Kier molecular flexibility index (Phi) is 3.09. The number of nitriles is 1. The fourth-order valence-electron chi connectivity index (χ4n) is 1.42. The minimum absolute atomic E-state index is 0.0170. The van der Waals surface area contributed by atoms with Crippen LogP contribution in [-0.4, -0.2) is 12.1 Å². The number of carbonyl (C=O) groups excluding carboxylic acids is 1. The van der Waals surface area contributed by atoms with Gasteiger partial charge in [0.15, 0.2) is 6.10 Å². The fourth-order valence-corrected chi connectivity index (χ4v) is 1.42. The van der Waals surface area contributed by atoms with Gasteiger partial charge in [0.1, 0.15) is 6.07 Å². The average Bonchev–Trinajstić information content (AvgIpc) is 2.26. The lowest BCUT2D eigenvalue weighted by Crippen LogP contribution is -2.19. The van der Waals surface area contributed by atoms with Gasteiger partial charge < -0.3 is 4.74 Å². The summed E-state index contributed by atoms with van der Waals surface area (Å²) in [6.45, 7) is 1.97. The van der Waals surface area contributed by atoms with Crippen LogP contribution in [0.25, 0.3) is 0 Å². The second kappa shape index (κ2) is 4.10. The van der Waals surface area contributed by atoms with Crippen LogP contribution in [0.1, 0.15) is 32.6 Å². The topological polar surface area (TPSA) is 50.1 Å².